The number of aromatic nitrogens is 1. The van der Waals surface area contributed by atoms with Crippen molar-refractivity contribution in [2.45, 2.75) is 31.9 Å². The fourth-order valence-electron chi connectivity index (χ4n) is 2.78. The third-order valence-electron chi connectivity index (χ3n) is 3.86. The Hall–Kier alpha value is -0.650. The minimum atomic E-state index is 0.427. The Morgan fingerprint density at radius 3 is 2.94 bits per heavy atom. The molecule has 0 saturated carbocycles. The van der Waals surface area contributed by atoms with Gasteiger partial charge in [0.15, 0.2) is 5.13 Å². The smallest absolute Gasteiger partial charge is 0.185 e. The Kier molecular flexibility index (Phi) is 3.82. The molecule has 2 saturated heterocycles. The number of methoxy groups -OCH3 is 1. The maximum atomic E-state index is 5.40. The minimum absolute atomic E-state index is 0.427. The monoisotopic (exact) mass is 267 g/mol. The van der Waals surface area contributed by atoms with Crippen LogP contribution in [-0.4, -0.2) is 49.3 Å². The topological polar surface area (TPSA) is 28.6 Å². The van der Waals surface area contributed by atoms with E-state index in [0.29, 0.717) is 6.10 Å². The summed E-state index contributed by atoms with van der Waals surface area (Å²) < 4.78 is 5.40. The molecule has 100 valence electrons. The molecule has 0 spiro atoms. The van der Waals surface area contributed by atoms with Crippen molar-refractivity contribution in [3.05, 3.63) is 11.1 Å². The molecule has 0 unspecified atom stereocenters. The summed E-state index contributed by atoms with van der Waals surface area (Å²) in [7, 11) is 1.81. The van der Waals surface area contributed by atoms with Gasteiger partial charge in [0.05, 0.1) is 6.10 Å². The van der Waals surface area contributed by atoms with Gasteiger partial charge in [-0.1, -0.05) is 0 Å². The number of anilines is 1. The lowest BCUT2D eigenvalue weighted by Gasteiger charge is -2.14. The zero-order chi connectivity index (χ0) is 12.4. The average molecular weight is 267 g/mol. The maximum Gasteiger partial charge on any atom is 0.185 e. The molecule has 2 fully saturated rings. The molecule has 2 aliphatic rings. The van der Waals surface area contributed by atoms with E-state index in [1.807, 2.05) is 18.4 Å². The van der Waals surface area contributed by atoms with Gasteiger partial charge >= 0.3 is 0 Å². The molecule has 3 heterocycles. The van der Waals surface area contributed by atoms with Crippen molar-refractivity contribution in [3.8, 4) is 0 Å². The van der Waals surface area contributed by atoms with Crippen molar-refractivity contribution < 1.29 is 4.74 Å². The van der Waals surface area contributed by atoms with E-state index in [-0.39, 0.29) is 0 Å². The molecule has 0 radical (unpaired) electrons. The zero-order valence-corrected chi connectivity index (χ0v) is 11.8. The number of thiazole rings is 1. The van der Waals surface area contributed by atoms with Gasteiger partial charge in [-0.25, -0.2) is 4.98 Å². The third kappa shape index (κ3) is 2.68. The van der Waals surface area contributed by atoms with Gasteiger partial charge in [-0.15, -0.1) is 11.3 Å². The van der Waals surface area contributed by atoms with Gasteiger partial charge in [0.1, 0.15) is 0 Å². The fraction of sp³-hybridized carbons (Fsp3) is 0.769. The molecule has 3 rings (SSSR count). The highest BCUT2D eigenvalue weighted by Gasteiger charge is 2.23. The van der Waals surface area contributed by atoms with Gasteiger partial charge in [0.25, 0.3) is 0 Å². The molecule has 0 aromatic carbocycles. The number of hydrogen-bond donors (Lipinski definition) is 0. The summed E-state index contributed by atoms with van der Waals surface area (Å²) in [5.41, 5.74) is 0. The van der Waals surface area contributed by atoms with Crippen molar-refractivity contribution in [3.63, 3.8) is 0 Å². The molecule has 4 nitrogen and oxygen atoms in total. The average Bonchev–Trinajstić information content (AvgIpc) is 3.10. The molecule has 0 N–H and O–H groups in total. The summed E-state index contributed by atoms with van der Waals surface area (Å²) in [4.78, 5) is 10.8. The highest BCUT2D eigenvalue weighted by atomic mass is 32.1. The van der Waals surface area contributed by atoms with E-state index >= 15 is 0 Å². The first-order valence-electron chi connectivity index (χ1n) is 6.80. The van der Waals surface area contributed by atoms with Crippen LogP contribution in [0.25, 0.3) is 0 Å². The van der Waals surface area contributed by atoms with Gasteiger partial charge in [0.2, 0.25) is 0 Å². The van der Waals surface area contributed by atoms with E-state index in [9.17, 15) is 0 Å². The molecule has 0 bridgehead atoms. The van der Waals surface area contributed by atoms with Crippen LogP contribution >= 0.6 is 11.3 Å². The van der Waals surface area contributed by atoms with Crippen molar-refractivity contribution in [2.75, 3.05) is 38.2 Å². The second-order valence-corrected chi connectivity index (χ2v) is 6.28. The highest BCUT2D eigenvalue weighted by Crippen LogP contribution is 2.27. The van der Waals surface area contributed by atoms with Crippen molar-refractivity contribution in [1.82, 2.24) is 9.88 Å². The SMILES string of the molecule is CO[C@@H]1CCN(Cc2cnc(N3CCCC3)s2)C1. The lowest BCUT2D eigenvalue weighted by molar-refractivity contribution is 0.107. The number of ether oxygens (including phenoxy) is 1. The largest absolute Gasteiger partial charge is 0.380 e. The Labute approximate surface area is 113 Å². The van der Waals surface area contributed by atoms with E-state index < -0.39 is 0 Å². The van der Waals surface area contributed by atoms with Crippen molar-refractivity contribution in [1.29, 1.82) is 0 Å². The van der Waals surface area contributed by atoms with Crippen molar-refractivity contribution in [2.24, 2.45) is 0 Å². The molecule has 1 aromatic heterocycles. The first kappa shape index (κ1) is 12.4. The van der Waals surface area contributed by atoms with Gasteiger partial charge in [-0.3, -0.25) is 4.90 Å². The van der Waals surface area contributed by atoms with Crippen LogP contribution in [0.2, 0.25) is 0 Å². The molecule has 5 heteroatoms. The second kappa shape index (κ2) is 5.55. The van der Waals surface area contributed by atoms with Gasteiger partial charge in [0, 0.05) is 50.9 Å². The summed E-state index contributed by atoms with van der Waals surface area (Å²) in [5.74, 6) is 0. The number of hydrogen-bond acceptors (Lipinski definition) is 5. The first-order chi connectivity index (χ1) is 8.85. The van der Waals surface area contributed by atoms with Crippen LogP contribution in [0.5, 0.6) is 0 Å². The molecule has 18 heavy (non-hydrogen) atoms. The van der Waals surface area contributed by atoms with Gasteiger partial charge in [-0.2, -0.15) is 0 Å². The molecule has 1 atom stereocenters. The van der Waals surface area contributed by atoms with Crippen LogP contribution in [0.1, 0.15) is 24.1 Å². The third-order valence-corrected chi connectivity index (χ3v) is 4.90. The van der Waals surface area contributed by atoms with Crippen molar-refractivity contribution >= 4 is 16.5 Å². The number of nitrogens with zero attached hydrogens (tertiary/aromatic N) is 3. The fourth-order valence-corrected chi connectivity index (χ4v) is 3.78. The Morgan fingerprint density at radius 1 is 1.39 bits per heavy atom. The standard InChI is InChI=1S/C13H21N3OS/c1-17-11-4-7-15(9-11)10-12-8-14-13(18-12)16-5-2-3-6-16/h8,11H,2-7,9-10H2,1H3/t11-/m1/s1. The Morgan fingerprint density at radius 2 is 2.22 bits per heavy atom. The lowest BCUT2D eigenvalue weighted by atomic mass is 10.3. The number of likely N-dealkylation sites (tertiary alicyclic amines) is 1. The van der Waals surface area contributed by atoms with E-state index in [1.165, 1.54) is 35.9 Å². The Balaban J connectivity index is 1.57. The van der Waals surface area contributed by atoms with Crippen LogP contribution in [0, 0.1) is 0 Å². The molecule has 0 amide bonds. The van der Waals surface area contributed by atoms with E-state index in [2.05, 4.69) is 21.0 Å². The molecular formula is C13H21N3OS. The lowest BCUT2D eigenvalue weighted by Crippen LogP contribution is -2.21. The summed E-state index contributed by atoms with van der Waals surface area (Å²) in [6, 6.07) is 0. The van der Waals surface area contributed by atoms with Crippen LogP contribution in [0.3, 0.4) is 0 Å². The van der Waals surface area contributed by atoms with Crippen LogP contribution < -0.4 is 4.90 Å². The van der Waals surface area contributed by atoms with Gasteiger partial charge in [-0.05, 0) is 19.3 Å². The van der Waals surface area contributed by atoms with Gasteiger partial charge < -0.3 is 9.64 Å². The first-order valence-corrected chi connectivity index (χ1v) is 7.61. The molecule has 2 aliphatic heterocycles. The van der Waals surface area contributed by atoms with E-state index in [1.54, 1.807) is 0 Å². The number of rotatable bonds is 4. The zero-order valence-electron chi connectivity index (χ0n) is 11.0. The second-order valence-electron chi connectivity index (χ2n) is 5.18. The summed E-state index contributed by atoms with van der Waals surface area (Å²) in [5, 5.41) is 1.21. The highest BCUT2D eigenvalue weighted by molar-refractivity contribution is 7.15. The normalized spacial score (nSPS) is 25.2. The van der Waals surface area contributed by atoms with Crippen LogP contribution in [0.15, 0.2) is 6.20 Å². The summed E-state index contributed by atoms with van der Waals surface area (Å²) in [6.45, 7) is 5.61. The van der Waals surface area contributed by atoms with E-state index in [0.717, 1.165) is 26.1 Å². The minimum Gasteiger partial charge on any atom is -0.380 e. The predicted octanol–water partition coefficient (Wildman–Crippen LogP) is 1.96. The quantitative estimate of drug-likeness (QED) is 0.834. The summed E-state index contributed by atoms with van der Waals surface area (Å²) in [6.07, 6.45) is 6.27. The molecular weight excluding hydrogens is 246 g/mol. The maximum absolute atomic E-state index is 5.40. The summed E-state index contributed by atoms with van der Waals surface area (Å²) >= 11 is 1.86. The predicted molar refractivity (Wildman–Crippen MR) is 74.3 cm³/mol. The van der Waals surface area contributed by atoms with Crippen LogP contribution in [0.4, 0.5) is 5.13 Å². The van der Waals surface area contributed by atoms with Crippen LogP contribution in [-0.2, 0) is 11.3 Å². The Bertz CT molecular complexity index is 389. The molecule has 1 aromatic rings. The molecule has 0 aliphatic carbocycles. The van der Waals surface area contributed by atoms with E-state index in [4.69, 9.17) is 4.74 Å².